The van der Waals surface area contributed by atoms with E-state index in [0.29, 0.717) is 0 Å². The lowest BCUT2D eigenvalue weighted by Crippen LogP contribution is -2.16. The van der Waals surface area contributed by atoms with E-state index in [9.17, 15) is 17.6 Å². The first-order chi connectivity index (χ1) is 12.4. The number of hydrogen-bond donors (Lipinski definition) is 1. The Kier molecular flexibility index (Phi) is 4.86. The first-order valence-corrected chi connectivity index (χ1v) is 9.34. The van der Waals surface area contributed by atoms with Crippen molar-refractivity contribution in [2.75, 3.05) is 4.72 Å². The number of para-hydroxylation sites is 1. The third-order valence-corrected chi connectivity index (χ3v) is 5.24. The fourth-order valence-electron chi connectivity index (χ4n) is 2.45. The fraction of sp³-hybridized carbons (Fsp3) is 0.0500. The van der Waals surface area contributed by atoms with Crippen LogP contribution in [0.4, 0.5) is 10.1 Å². The maximum atomic E-state index is 13.1. The van der Waals surface area contributed by atoms with E-state index in [1.165, 1.54) is 48.5 Å². The molecular formula is C20H16FNO3S. The van der Waals surface area contributed by atoms with Gasteiger partial charge in [0.2, 0.25) is 0 Å². The zero-order chi connectivity index (χ0) is 18.7. The van der Waals surface area contributed by atoms with Crippen LogP contribution < -0.4 is 4.72 Å². The number of carbonyl (C=O) groups excluding carboxylic acids is 1. The summed E-state index contributed by atoms with van der Waals surface area (Å²) in [6.45, 7) is 1.86. The van der Waals surface area contributed by atoms with E-state index in [1.807, 2.05) is 6.92 Å². The Morgan fingerprint density at radius 3 is 2.15 bits per heavy atom. The molecule has 132 valence electrons. The van der Waals surface area contributed by atoms with Crippen molar-refractivity contribution in [1.82, 2.24) is 0 Å². The van der Waals surface area contributed by atoms with Crippen molar-refractivity contribution < 1.29 is 17.6 Å². The summed E-state index contributed by atoms with van der Waals surface area (Å²) in [5.41, 5.74) is 1.57. The molecule has 0 aliphatic carbocycles. The molecular weight excluding hydrogens is 353 g/mol. The van der Waals surface area contributed by atoms with Gasteiger partial charge < -0.3 is 0 Å². The molecule has 0 aliphatic heterocycles. The molecule has 0 aromatic heterocycles. The monoisotopic (exact) mass is 369 g/mol. The van der Waals surface area contributed by atoms with Crippen LogP contribution in [-0.4, -0.2) is 14.2 Å². The minimum absolute atomic E-state index is 0.104. The lowest BCUT2D eigenvalue weighted by molar-refractivity contribution is 0.103. The number of nitrogens with one attached hydrogen (secondary N) is 1. The van der Waals surface area contributed by atoms with Gasteiger partial charge in [-0.3, -0.25) is 9.52 Å². The number of rotatable bonds is 5. The number of ketones is 1. The molecule has 0 atom stereocenters. The number of carbonyl (C=O) groups is 1. The van der Waals surface area contributed by atoms with E-state index in [0.717, 1.165) is 5.56 Å². The van der Waals surface area contributed by atoms with Crippen LogP contribution >= 0.6 is 0 Å². The molecule has 0 amide bonds. The molecule has 0 saturated heterocycles. The summed E-state index contributed by atoms with van der Waals surface area (Å²) >= 11 is 0. The Morgan fingerprint density at radius 1 is 0.885 bits per heavy atom. The maximum absolute atomic E-state index is 13.1. The summed E-state index contributed by atoms with van der Waals surface area (Å²) < 4.78 is 40.7. The number of halogens is 1. The van der Waals surface area contributed by atoms with Crippen molar-refractivity contribution in [2.45, 2.75) is 11.8 Å². The van der Waals surface area contributed by atoms with Gasteiger partial charge in [0, 0.05) is 11.1 Å². The van der Waals surface area contributed by atoms with Crippen LogP contribution in [0.5, 0.6) is 0 Å². The van der Waals surface area contributed by atoms with Crippen LogP contribution in [0.1, 0.15) is 21.5 Å². The van der Waals surface area contributed by atoms with Crippen molar-refractivity contribution in [2.24, 2.45) is 0 Å². The predicted octanol–water partition coefficient (Wildman–Crippen LogP) is 4.17. The summed E-state index contributed by atoms with van der Waals surface area (Å²) in [5, 5.41) is 0. The minimum atomic E-state index is -3.84. The Bertz CT molecular complexity index is 1040. The molecule has 26 heavy (non-hydrogen) atoms. The smallest absolute Gasteiger partial charge is 0.261 e. The molecule has 0 radical (unpaired) electrons. The molecule has 3 rings (SSSR count). The standard InChI is InChI=1S/C20H16FNO3S/c1-14-6-12-17(13-7-14)26(24,25)22-19-5-3-2-4-18(19)20(23)15-8-10-16(21)11-9-15/h2-13,22H,1H3. The fourth-order valence-corrected chi connectivity index (χ4v) is 3.53. The Balaban J connectivity index is 1.95. The number of anilines is 1. The van der Waals surface area contributed by atoms with E-state index in [4.69, 9.17) is 0 Å². The van der Waals surface area contributed by atoms with Crippen molar-refractivity contribution >= 4 is 21.5 Å². The molecule has 0 bridgehead atoms. The molecule has 6 heteroatoms. The second-order valence-corrected chi connectivity index (χ2v) is 7.48. The van der Waals surface area contributed by atoms with E-state index >= 15 is 0 Å². The van der Waals surface area contributed by atoms with Gasteiger partial charge in [0.15, 0.2) is 5.78 Å². The molecule has 0 spiro atoms. The van der Waals surface area contributed by atoms with Crippen LogP contribution in [0.25, 0.3) is 0 Å². The molecule has 4 nitrogen and oxygen atoms in total. The van der Waals surface area contributed by atoms with Crippen LogP contribution in [-0.2, 0) is 10.0 Å². The van der Waals surface area contributed by atoms with Gasteiger partial charge in [-0.25, -0.2) is 12.8 Å². The lowest BCUT2D eigenvalue weighted by atomic mass is 10.0. The van der Waals surface area contributed by atoms with Crippen molar-refractivity contribution in [3.63, 3.8) is 0 Å². The third kappa shape index (κ3) is 3.81. The maximum Gasteiger partial charge on any atom is 0.261 e. The average Bonchev–Trinajstić information content (AvgIpc) is 2.62. The quantitative estimate of drug-likeness (QED) is 0.687. The highest BCUT2D eigenvalue weighted by Gasteiger charge is 2.19. The van der Waals surface area contributed by atoms with Crippen LogP contribution in [0.2, 0.25) is 0 Å². The SMILES string of the molecule is Cc1ccc(S(=O)(=O)Nc2ccccc2C(=O)c2ccc(F)cc2)cc1. The van der Waals surface area contributed by atoms with Gasteiger partial charge in [-0.2, -0.15) is 0 Å². The van der Waals surface area contributed by atoms with Gasteiger partial charge in [0.25, 0.3) is 10.0 Å². The summed E-state index contributed by atoms with van der Waals surface area (Å²) in [4.78, 5) is 12.8. The number of sulfonamides is 1. The normalized spacial score (nSPS) is 11.2. The zero-order valence-electron chi connectivity index (χ0n) is 13.9. The topological polar surface area (TPSA) is 63.2 Å². The van der Waals surface area contributed by atoms with Gasteiger partial charge in [-0.15, -0.1) is 0 Å². The van der Waals surface area contributed by atoms with Crippen LogP contribution in [0, 0.1) is 12.7 Å². The number of benzene rings is 3. The van der Waals surface area contributed by atoms with Crippen molar-refractivity contribution in [3.05, 3.63) is 95.3 Å². The van der Waals surface area contributed by atoms with E-state index < -0.39 is 21.6 Å². The van der Waals surface area contributed by atoms with E-state index in [1.54, 1.807) is 24.3 Å². The molecule has 0 saturated carbocycles. The van der Waals surface area contributed by atoms with Crippen LogP contribution in [0.15, 0.2) is 77.7 Å². The highest BCUT2D eigenvalue weighted by molar-refractivity contribution is 7.92. The first-order valence-electron chi connectivity index (χ1n) is 7.85. The van der Waals surface area contributed by atoms with Crippen molar-refractivity contribution in [3.8, 4) is 0 Å². The Hall–Kier alpha value is -2.99. The van der Waals surface area contributed by atoms with Gasteiger partial charge in [0.1, 0.15) is 5.82 Å². The van der Waals surface area contributed by atoms with E-state index in [2.05, 4.69) is 4.72 Å². The number of aryl methyl sites for hydroxylation is 1. The van der Waals surface area contributed by atoms with Gasteiger partial charge in [-0.1, -0.05) is 29.8 Å². The second-order valence-electron chi connectivity index (χ2n) is 5.80. The van der Waals surface area contributed by atoms with Crippen molar-refractivity contribution in [1.29, 1.82) is 0 Å². The number of hydrogen-bond acceptors (Lipinski definition) is 3. The molecule has 0 heterocycles. The van der Waals surface area contributed by atoms with Crippen LogP contribution in [0.3, 0.4) is 0 Å². The first kappa shape index (κ1) is 17.8. The Labute approximate surface area is 151 Å². The second kappa shape index (κ2) is 7.09. The van der Waals surface area contributed by atoms with Gasteiger partial charge in [0.05, 0.1) is 10.6 Å². The molecule has 3 aromatic rings. The molecule has 0 unspecified atom stereocenters. The summed E-state index contributed by atoms with van der Waals surface area (Å²) in [6, 6.07) is 17.8. The molecule has 1 N–H and O–H groups in total. The Morgan fingerprint density at radius 2 is 1.50 bits per heavy atom. The predicted molar refractivity (Wildman–Crippen MR) is 98.3 cm³/mol. The summed E-state index contributed by atoms with van der Waals surface area (Å²) in [7, 11) is -3.84. The van der Waals surface area contributed by atoms with Gasteiger partial charge >= 0.3 is 0 Å². The third-order valence-electron chi connectivity index (χ3n) is 3.85. The zero-order valence-corrected chi connectivity index (χ0v) is 14.8. The lowest BCUT2D eigenvalue weighted by Gasteiger charge is -2.12. The van der Waals surface area contributed by atoms with E-state index in [-0.39, 0.29) is 21.7 Å². The largest absolute Gasteiger partial charge is 0.289 e. The highest BCUT2D eigenvalue weighted by Crippen LogP contribution is 2.23. The van der Waals surface area contributed by atoms with Gasteiger partial charge in [-0.05, 0) is 55.5 Å². The summed E-state index contributed by atoms with van der Waals surface area (Å²) in [6.07, 6.45) is 0. The minimum Gasteiger partial charge on any atom is -0.289 e. The summed E-state index contributed by atoms with van der Waals surface area (Å²) in [5.74, 6) is -0.845. The highest BCUT2D eigenvalue weighted by atomic mass is 32.2. The molecule has 3 aromatic carbocycles. The molecule has 0 aliphatic rings. The molecule has 0 fully saturated rings. The average molecular weight is 369 g/mol.